The zero-order valence-electron chi connectivity index (χ0n) is 19.9. The first kappa shape index (κ1) is 24.4. The predicted molar refractivity (Wildman–Crippen MR) is 121 cm³/mol. The number of nitrogens with one attached hydrogen (secondary N) is 1. The van der Waals surface area contributed by atoms with E-state index in [9.17, 15) is 14.4 Å². The molecule has 2 aliphatic rings. The van der Waals surface area contributed by atoms with Crippen LogP contribution in [0.1, 0.15) is 45.1 Å². The number of Topliss-reactive ketones (excluding diaryl/α,β-unsaturated/α-hetero) is 1. The van der Waals surface area contributed by atoms with Crippen molar-refractivity contribution in [2.24, 2.45) is 11.8 Å². The van der Waals surface area contributed by atoms with Gasteiger partial charge in [0.2, 0.25) is 0 Å². The molecule has 1 N–H and O–H groups in total. The summed E-state index contributed by atoms with van der Waals surface area (Å²) in [5, 5.41) is 3.24. The standard InChI is InChI=1S/C25H31NO7/c1-7-10-33-25(29)20-14(3)26-16-11-13(2)19(24(28)32-6)23(27)22(16)21(20)15-8-9-17(30-4)18(12-15)31-5/h8-9,12-13,19,21,26H,7,10-11H2,1-6H3/t13-,19-,21+/m0/s1. The van der Waals surface area contributed by atoms with Crippen LogP contribution in [0.15, 0.2) is 40.7 Å². The van der Waals surface area contributed by atoms with E-state index in [0.717, 1.165) is 0 Å². The molecule has 33 heavy (non-hydrogen) atoms. The molecule has 0 spiro atoms. The number of carbonyl (C=O) groups is 3. The minimum absolute atomic E-state index is 0.247. The van der Waals surface area contributed by atoms with Crippen LogP contribution in [0.4, 0.5) is 0 Å². The zero-order valence-corrected chi connectivity index (χ0v) is 19.9. The second-order valence-corrected chi connectivity index (χ2v) is 8.29. The van der Waals surface area contributed by atoms with Gasteiger partial charge in [-0.3, -0.25) is 9.59 Å². The van der Waals surface area contributed by atoms with E-state index in [1.807, 2.05) is 13.8 Å². The normalized spacial score (nSPS) is 22.4. The molecule has 178 valence electrons. The van der Waals surface area contributed by atoms with Crippen LogP contribution in [-0.4, -0.2) is 45.7 Å². The topological polar surface area (TPSA) is 100 Å². The van der Waals surface area contributed by atoms with Crippen molar-refractivity contribution in [3.63, 3.8) is 0 Å². The maximum atomic E-state index is 13.7. The van der Waals surface area contributed by atoms with Gasteiger partial charge in [0, 0.05) is 22.9 Å². The highest BCUT2D eigenvalue weighted by molar-refractivity contribution is 6.12. The lowest BCUT2D eigenvalue weighted by Gasteiger charge is -2.38. The highest BCUT2D eigenvalue weighted by Gasteiger charge is 2.47. The maximum Gasteiger partial charge on any atom is 0.336 e. The Labute approximate surface area is 193 Å². The first-order chi connectivity index (χ1) is 15.8. The fourth-order valence-corrected chi connectivity index (χ4v) is 4.59. The van der Waals surface area contributed by atoms with Gasteiger partial charge in [-0.2, -0.15) is 0 Å². The van der Waals surface area contributed by atoms with Crippen LogP contribution < -0.4 is 14.8 Å². The van der Waals surface area contributed by atoms with Crippen LogP contribution in [0, 0.1) is 11.8 Å². The second kappa shape index (κ2) is 10.1. The van der Waals surface area contributed by atoms with E-state index in [-0.39, 0.29) is 18.3 Å². The number of hydrogen-bond acceptors (Lipinski definition) is 8. The summed E-state index contributed by atoms with van der Waals surface area (Å²) >= 11 is 0. The van der Waals surface area contributed by atoms with E-state index >= 15 is 0 Å². The van der Waals surface area contributed by atoms with Crippen molar-refractivity contribution in [3.8, 4) is 11.5 Å². The van der Waals surface area contributed by atoms with Crippen molar-refractivity contribution in [2.75, 3.05) is 27.9 Å². The molecule has 0 saturated heterocycles. The molecular weight excluding hydrogens is 426 g/mol. The van der Waals surface area contributed by atoms with Crippen LogP contribution in [0.5, 0.6) is 11.5 Å². The average molecular weight is 458 g/mol. The van der Waals surface area contributed by atoms with Gasteiger partial charge >= 0.3 is 11.9 Å². The molecule has 0 amide bonds. The van der Waals surface area contributed by atoms with E-state index in [4.69, 9.17) is 18.9 Å². The monoisotopic (exact) mass is 457 g/mol. The molecule has 0 aromatic heterocycles. The Kier molecular flexibility index (Phi) is 7.46. The largest absolute Gasteiger partial charge is 0.493 e. The molecule has 0 saturated carbocycles. The number of allylic oxidation sites excluding steroid dienone is 3. The van der Waals surface area contributed by atoms with Crippen LogP contribution in [-0.2, 0) is 23.9 Å². The van der Waals surface area contributed by atoms with Gasteiger partial charge in [-0.25, -0.2) is 4.79 Å². The van der Waals surface area contributed by atoms with Crippen molar-refractivity contribution in [1.82, 2.24) is 5.32 Å². The second-order valence-electron chi connectivity index (χ2n) is 8.29. The van der Waals surface area contributed by atoms with Crippen molar-refractivity contribution in [3.05, 3.63) is 46.3 Å². The molecule has 8 nitrogen and oxygen atoms in total. The molecule has 1 aromatic rings. The van der Waals surface area contributed by atoms with Crippen LogP contribution >= 0.6 is 0 Å². The average Bonchev–Trinajstić information content (AvgIpc) is 2.80. The van der Waals surface area contributed by atoms with E-state index in [0.29, 0.717) is 52.4 Å². The summed E-state index contributed by atoms with van der Waals surface area (Å²) in [6, 6.07) is 5.27. The Morgan fingerprint density at radius 3 is 2.42 bits per heavy atom. The van der Waals surface area contributed by atoms with Gasteiger partial charge in [-0.15, -0.1) is 0 Å². The van der Waals surface area contributed by atoms with Crippen molar-refractivity contribution in [2.45, 2.75) is 39.5 Å². The molecule has 1 aliphatic heterocycles. The van der Waals surface area contributed by atoms with Gasteiger partial charge in [0.05, 0.1) is 33.5 Å². The summed E-state index contributed by atoms with van der Waals surface area (Å²) in [7, 11) is 4.33. The first-order valence-corrected chi connectivity index (χ1v) is 11.0. The number of methoxy groups -OCH3 is 3. The third-order valence-electron chi connectivity index (χ3n) is 6.14. The maximum absolute atomic E-state index is 13.7. The molecule has 0 bridgehead atoms. The Morgan fingerprint density at radius 1 is 1.12 bits per heavy atom. The zero-order chi connectivity index (χ0) is 24.3. The van der Waals surface area contributed by atoms with Crippen molar-refractivity contribution >= 4 is 17.7 Å². The SMILES string of the molecule is CCCOC(=O)C1=C(C)NC2=C(C(=O)[C@@H](C(=O)OC)[C@@H](C)C2)[C@@H]1c1ccc(OC)c(OC)c1. The van der Waals surface area contributed by atoms with E-state index in [1.54, 1.807) is 25.1 Å². The summed E-state index contributed by atoms with van der Waals surface area (Å²) in [5.74, 6) is -2.35. The molecular formula is C25H31NO7. The quantitative estimate of drug-likeness (QED) is 0.492. The third kappa shape index (κ3) is 4.47. The van der Waals surface area contributed by atoms with Gasteiger partial charge in [0.15, 0.2) is 17.3 Å². The van der Waals surface area contributed by atoms with E-state index in [2.05, 4.69) is 5.32 Å². The third-order valence-corrected chi connectivity index (χ3v) is 6.14. The van der Waals surface area contributed by atoms with Gasteiger partial charge < -0.3 is 24.3 Å². The van der Waals surface area contributed by atoms with Gasteiger partial charge in [0.1, 0.15) is 5.92 Å². The van der Waals surface area contributed by atoms with Crippen molar-refractivity contribution < 1.29 is 33.3 Å². The highest BCUT2D eigenvalue weighted by atomic mass is 16.5. The molecule has 1 heterocycles. The molecule has 0 fully saturated rings. The Hall–Kier alpha value is -3.29. The number of esters is 2. The minimum atomic E-state index is -0.940. The molecule has 3 atom stereocenters. The molecule has 0 radical (unpaired) electrons. The Balaban J connectivity index is 2.20. The van der Waals surface area contributed by atoms with E-state index < -0.39 is 23.8 Å². The lowest BCUT2D eigenvalue weighted by Crippen LogP contribution is -2.43. The summed E-state index contributed by atoms with van der Waals surface area (Å²) in [6.07, 6.45) is 1.14. The number of ether oxygens (including phenoxy) is 4. The number of rotatable bonds is 7. The highest BCUT2D eigenvalue weighted by Crippen LogP contribution is 2.46. The summed E-state index contributed by atoms with van der Waals surface area (Å²) in [4.78, 5) is 39.3. The fourth-order valence-electron chi connectivity index (χ4n) is 4.59. The predicted octanol–water partition coefficient (Wildman–Crippen LogP) is 3.27. The number of ketones is 1. The number of dihydropyridines is 1. The molecule has 1 aliphatic carbocycles. The fraction of sp³-hybridized carbons (Fsp3) is 0.480. The summed E-state index contributed by atoms with van der Waals surface area (Å²) in [5.41, 5.74) is 2.70. The van der Waals surface area contributed by atoms with Crippen LogP contribution in [0.3, 0.4) is 0 Å². The van der Waals surface area contributed by atoms with Crippen LogP contribution in [0.2, 0.25) is 0 Å². The first-order valence-electron chi connectivity index (χ1n) is 11.0. The van der Waals surface area contributed by atoms with Gasteiger partial charge in [0.25, 0.3) is 0 Å². The number of hydrogen-bond donors (Lipinski definition) is 1. The molecule has 1 aromatic carbocycles. The lowest BCUT2D eigenvalue weighted by atomic mass is 9.69. The molecule has 0 unspecified atom stereocenters. The Bertz CT molecular complexity index is 1020. The summed E-state index contributed by atoms with van der Waals surface area (Å²) < 4.78 is 21.2. The van der Waals surface area contributed by atoms with Crippen molar-refractivity contribution in [1.29, 1.82) is 0 Å². The smallest absolute Gasteiger partial charge is 0.336 e. The summed E-state index contributed by atoms with van der Waals surface area (Å²) in [6.45, 7) is 5.81. The minimum Gasteiger partial charge on any atom is -0.493 e. The van der Waals surface area contributed by atoms with E-state index in [1.165, 1.54) is 21.3 Å². The van der Waals surface area contributed by atoms with Gasteiger partial charge in [-0.05, 0) is 43.4 Å². The molecule has 3 rings (SSSR count). The van der Waals surface area contributed by atoms with Crippen LogP contribution in [0.25, 0.3) is 0 Å². The number of benzene rings is 1. The lowest BCUT2D eigenvalue weighted by molar-refractivity contribution is -0.151. The number of carbonyl (C=O) groups excluding carboxylic acids is 3. The van der Waals surface area contributed by atoms with Gasteiger partial charge in [-0.1, -0.05) is 19.9 Å². The Morgan fingerprint density at radius 2 is 1.82 bits per heavy atom. The molecule has 8 heteroatoms.